The number of hydrogen-bond acceptors (Lipinski definition) is 4. The van der Waals surface area contributed by atoms with Crippen molar-refractivity contribution in [3.8, 4) is 11.5 Å². The van der Waals surface area contributed by atoms with E-state index in [4.69, 9.17) is 15.2 Å². The lowest BCUT2D eigenvalue weighted by atomic mass is 9.86. The maximum atomic E-state index is 12.6. The Morgan fingerprint density at radius 3 is 2.79 bits per heavy atom. The topological polar surface area (TPSA) is 63.5 Å². The van der Waals surface area contributed by atoms with E-state index in [9.17, 15) is 4.39 Å². The zero-order valence-corrected chi connectivity index (χ0v) is 21.8. The molecular formula is C32H34FN3O2. The summed E-state index contributed by atoms with van der Waals surface area (Å²) >= 11 is 0. The Balaban J connectivity index is 1.39. The van der Waals surface area contributed by atoms with Crippen LogP contribution < -0.4 is 15.2 Å². The molecule has 0 saturated carbocycles. The van der Waals surface area contributed by atoms with Gasteiger partial charge in [-0.3, -0.25) is 9.29 Å². The molecular weight excluding hydrogens is 477 g/mol. The molecule has 6 rings (SSSR count). The Morgan fingerprint density at radius 2 is 1.95 bits per heavy atom. The summed E-state index contributed by atoms with van der Waals surface area (Å²) in [5, 5.41) is 1.20. The predicted molar refractivity (Wildman–Crippen MR) is 152 cm³/mol. The monoisotopic (exact) mass is 511 g/mol. The number of nitrogens with zero attached hydrogens (tertiary/aromatic N) is 1. The van der Waals surface area contributed by atoms with Gasteiger partial charge in [0.25, 0.3) is 0 Å². The van der Waals surface area contributed by atoms with Gasteiger partial charge >= 0.3 is 0 Å². The van der Waals surface area contributed by atoms with Crippen LogP contribution in [0.4, 0.5) is 10.1 Å². The van der Waals surface area contributed by atoms with Crippen molar-refractivity contribution < 1.29 is 13.9 Å². The highest BCUT2D eigenvalue weighted by Gasteiger charge is 2.26. The van der Waals surface area contributed by atoms with Gasteiger partial charge in [-0.05, 0) is 78.4 Å². The molecule has 1 saturated heterocycles. The third kappa shape index (κ3) is 4.65. The number of likely N-dealkylation sites (tertiary alicyclic amines) is 1. The highest BCUT2D eigenvalue weighted by Crippen LogP contribution is 2.45. The van der Waals surface area contributed by atoms with Crippen molar-refractivity contribution in [2.75, 3.05) is 38.6 Å². The quantitative estimate of drug-likeness (QED) is 0.274. The van der Waals surface area contributed by atoms with Crippen molar-refractivity contribution in [2.24, 2.45) is 0 Å². The van der Waals surface area contributed by atoms with Crippen LogP contribution in [0.2, 0.25) is 0 Å². The lowest BCUT2D eigenvalue weighted by molar-refractivity contribution is 0.198. The second kappa shape index (κ2) is 10.5. The summed E-state index contributed by atoms with van der Waals surface area (Å²) in [6.45, 7) is 4.95. The van der Waals surface area contributed by atoms with Gasteiger partial charge in [0.05, 0.1) is 13.3 Å². The van der Waals surface area contributed by atoms with Gasteiger partial charge in [-0.15, -0.1) is 0 Å². The van der Waals surface area contributed by atoms with E-state index in [-0.39, 0.29) is 12.8 Å². The summed E-state index contributed by atoms with van der Waals surface area (Å²) in [5.74, 6) is 1.72. The third-order valence-corrected chi connectivity index (χ3v) is 7.82. The lowest BCUT2D eigenvalue weighted by Gasteiger charge is -2.19. The minimum atomic E-state index is -0.264. The summed E-state index contributed by atoms with van der Waals surface area (Å²) in [7, 11) is 0. The molecule has 1 aromatic heterocycles. The highest BCUT2D eigenvalue weighted by atomic mass is 19.1. The number of ether oxygens (including phenoxy) is 2. The number of benzene rings is 3. The molecule has 2 aliphatic heterocycles. The molecule has 1 fully saturated rings. The minimum absolute atomic E-state index is 0.138. The molecule has 3 N–H and O–H groups in total. The minimum Gasteiger partial charge on any atom is -0.492 e. The molecule has 38 heavy (non-hydrogen) atoms. The van der Waals surface area contributed by atoms with Crippen LogP contribution >= 0.6 is 0 Å². The van der Waals surface area contributed by atoms with E-state index in [1.54, 1.807) is 0 Å². The number of nitrogen functional groups attached to an aromatic ring is 1. The van der Waals surface area contributed by atoms with Crippen LogP contribution in [0.5, 0.6) is 11.5 Å². The summed E-state index contributed by atoms with van der Waals surface area (Å²) < 4.78 is 25.2. The Bertz CT molecular complexity index is 1470. The van der Waals surface area contributed by atoms with E-state index < -0.39 is 0 Å². The fourth-order valence-electron chi connectivity index (χ4n) is 5.85. The van der Waals surface area contributed by atoms with Crippen molar-refractivity contribution in [2.45, 2.75) is 32.3 Å². The van der Waals surface area contributed by atoms with Gasteiger partial charge in [-0.2, -0.15) is 0 Å². The van der Waals surface area contributed by atoms with Gasteiger partial charge in [-0.1, -0.05) is 24.3 Å². The van der Waals surface area contributed by atoms with Gasteiger partial charge in [0, 0.05) is 60.0 Å². The standard InChI is InChI=1S/C32H34FN3O2/c1-21-29(34)11-10-28-31(22-6-8-23(9-7-22)38-24-13-18-36(20-24)17-3-15-33)27(14-19-37-32(21)28)25-4-2-5-30-26(25)12-16-35-30/h2,4-12,16,24,35H,3,13-15,17-20,34H2,1H3. The highest BCUT2D eigenvalue weighted by molar-refractivity contribution is 6.06. The number of hydrogen-bond donors (Lipinski definition) is 2. The molecule has 196 valence electrons. The Hall–Kier alpha value is -3.77. The average molecular weight is 512 g/mol. The number of nitrogens with two attached hydrogens (primary N) is 1. The van der Waals surface area contributed by atoms with Crippen LogP contribution in [0, 0.1) is 6.92 Å². The second-order valence-electron chi connectivity index (χ2n) is 10.2. The first-order valence-corrected chi connectivity index (χ1v) is 13.5. The first-order valence-electron chi connectivity index (χ1n) is 13.5. The van der Waals surface area contributed by atoms with Crippen LogP contribution in [0.15, 0.2) is 66.9 Å². The fourth-order valence-corrected chi connectivity index (χ4v) is 5.85. The number of aromatic nitrogens is 1. The molecule has 2 aliphatic rings. The number of H-pyrrole nitrogens is 1. The molecule has 3 aromatic carbocycles. The lowest BCUT2D eigenvalue weighted by Crippen LogP contribution is -2.26. The maximum absolute atomic E-state index is 12.6. The normalized spacial score (nSPS) is 17.9. The van der Waals surface area contributed by atoms with Gasteiger partial charge < -0.3 is 20.2 Å². The van der Waals surface area contributed by atoms with E-state index in [1.165, 1.54) is 22.1 Å². The summed E-state index contributed by atoms with van der Waals surface area (Å²) in [6, 6.07) is 21.1. The van der Waals surface area contributed by atoms with E-state index >= 15 is 0 Å². The van der Waals surface area contributed by atoms with Gasteiger partial charge in [0.1, 0.15) is 17.6 Å². The van der Waals surface area contributed by atoms with E-state index in [0.717, 1.165) is 71.9 Å². The van der Waals surface area contributed by atoms with Gasteiger partial charge in [0.15, 0.2) is 0 Å². The van der Waals surface area contributed by atoms with Crippen LogP contribution in [-0.2, 0) is 0 Å². The molecule has 0 radical (unpaired) electrons. The first-order chi connectivity index (χ1) is 18.6. The maximum Gasteiger partial charge on any atom is 0.132 e. The number of alkyl halides is 1. The molecule has 0 bridgehead atoms. The zero-order chi connectivity index (χ0) is 26.1. The number of rotatable bonds is 7. The number of anilines is 1. The van der Waals surface area contributed by atoms with E-state index in [1.807, 2.05) is 19.2 Å². The fraction of sp³-hybridized carbons (Fsp3) is 0.312. The Morgan fingerprint density at radius 1 is 1.08 bits per heavy atom. The molecule has 1 atom stereocenters. The number of aromatic amines is 1. The summed E-state index contributed by atoms with van der Waals surface area (Å²) in [6.07, 6.45) is 4.47. The molecule has 3 heterocycles. The van der Waals surface area contributed by atoms with Crippen LogP contribution in [0.3, 0.4) is 0 Å². The smallest absolute Gasteiger partial charge is 0.132 e. The van der Waals surface area contributed by atoms with Crippen molar-refractivity contribution in [3.63, 3.8) is 0 Å². The molecule has 5 nitrogen and oxygen atoms in total. The summed E-state index contributed by atoms with van der Waals surface area (Å²) in [4.78, 5) is 5.64. The van der Waals surface area contributed by atoms with Crippen molar-refractivity contribution in [1.29, 1.82) is 0 Å². The number of fused-ring (bicyclic) bond motifs is 2. The van der Waals surface area contributed by atoms with Gasteiger partial charge in [0.2, 0.25) is 0 Å². The SMILES string of the molecule is Cc1c(N)ccc2c1OCCC(c1cccc3[nH]ccc13)=C2c1ccc(OC2CCN(CCCF)C2)cc1. The zero-order valence-electron chi connectivity index (χ0n) is 21.8. The second-order valence-corrected chi connectivity index (χ2v) is 10.2. The average Bonchev–Trinajstić information content (AvgIpc) is 3.55. The van der Waals surface area contributed by atoms with Gasteiger partial charge in [-0.25, -0.2) is 0 Å². The van der Waals surface area contributed by atoms with E-state index in [2.05, 4.69) is 64.5 Å². The van der Waals surface area contributed by atoms with Crippen molar-refractivity contribution >= 4 is 27.7 Å². The Labute approximate surface area is 223 Å². The number of nitrogens with one attached hydrogen (secondary N) is 1. The van der Waals surface area contributed by atoms with E-state index in [0.29, 0.717) is 13.0 Å². The first kappa shape index (κ1) is 24.6. The van der Waals surface area contributed by atoms with Crippen LogP contribution in [-0.4, -0.2) is 48.9 Å². The van der Waals surface area contributed by atoms with Crippen LogP contribution in [0.1, 0.15) is 41.5 Å². The van der Waals surface area contributed by atoms with Crippen LogP contribution in [0.25, 0.3) is 22.0 Å². The summed E-state index contributed by atoms with van der Waals surface area (Å²) in [5.41, 5.74) is 14.9. The van der Waals surface area contributed by atoms with Crippen molar-refractivity contribution in [3.05, 3.63) is 89.1 Å². The largest absolute Gasteiger partial charge is 0.492 e. The molecule has 0 aliphatic carbocycles. The number of halogens is 1. The van der Waals surface area contributed by atoms with Crippen molar-refractivity contribution in [1.82, 2.24) is 9.88 Å². The molecule has 6 heteroatoms. The molecule has 0 amide bonds. The molecule has 4 aromatic rings. The molecule has 0 spiro atoms. The molecule has 1 unspecified atom stereocenters. The Kier molecular flexibility index (Phi) is 6.81. The predicted octanol–water partition coefficient (Wildman–Crippen LogP) is 6.61. The third-order valence-electron chi connectivity index (χ3n) is 7.82.